The Morgan fingerprint density at radius 1 is 1.21 bits per heavy atom. The van der Waals surface area contributed by atoms with Crippen LogP contribution in [0.25, 0.3) is 0 Å². The van der Waals surface area contributed by atoms with Crippen LogP contribution in [0.1, 0.15) is 40.0 Å². The highest BCUT2D eigenvalue weighted by molar-refractivity contribution is 5.09. The second-order valence-corrected chi connectivity index (χ2v) is 5.50. The molecule has 1 unspecified atom stereocenters. The Hall–Kier alpha value is -0.0800. The van der Waals surface area contributed by atoms with Crippen LogP contribution in [0.3, 0.4) is 0 Å². The van der Waals surface area contributed by atoms with Crippen molar-refractivity contribution in [2.45, 2.75) is 52.2 Å². The van der Waals surface area contributed by atoms with Gasteiger partial charge >= 0.3 is 0 Å². The predicted molar refractivity (Wildman–Crippen MR) is 60.1 cm³/mol. The van der Waals surface area contributed by atoms with Gasteiger partial charge in [-0.05, 0) is 44.6 Å². The lowest BCUT2D eigenvalue weighted by Crippen LogP contribution is -2.48. The minimum atomic E-state index is 0.544. The van der Waals surface area contributed by atoms with E-state index < -0.39 is 0 Å². The number of rotatable bonds is 3. The molecular weight excluding hydrogens is 172 g/mol. The third-order valence-corrected chi connectivity index (χ3v) is 4.29. The lowest BCUT2D eigenvalue weighted by atomic mass is 9.88. The van der Waals surface area contributed by atoms with Crippen LogP contribution in [0.2, 0.25) is 0 Å². The number of hydrogen-bond acceptors (Lipinski definition) is 2. The maximum absolute atomic E-state index is 3.38. The second-order valence-electron chi connectivity index (χ2n) is 5.50. The molecule has 82 valence electrons. The summed E-state index contributed by atoms with van der Waals surface area (Å²) in [6, 6.07) is 0.824. The first-order chi connectivity index (χ1) is 6.60. The molecule has 1 aliphatic heterocycles. The van der Waals surface area contributed by atoms with Crippen LogP contribution in [0, 0.1) is 11.3 Å². The van der Waals surface area contributed by atoms with Gasteiger partial charge in [-0.2, -0.15) is 0 Å². The summed E-state index contributed by atoms with van der Waals surface area (Å²) in [5, 5.41) is 3.38. The number of nitrogens with one attached hydrogen (secondary N) is 1. The average molecular weight is 196 g/mol. The first-order valence-electron chi connectivity index (χ1n) is 6.04. The molecule has 1 saturated carbocycles. The van der Waals surface area contributed by atoms with Gasteiger partial charge in [-0.15, -0.1) is 0 Å². The highest BCUT2D eigenvalue weighted by atomic mass is 15.3. The fourth-order valence-corrected chi connectivity index (χ4v) is 3.39. The number of likely N-dealkylation sites (tertiary alicyclic amines) is 1. The molecule has 14 heavy (non-hydrogen) atoms. The van der Waals surface area contributed by atoms with E-state index in [1.807, 2.05) is 0 Å². The molecule has 0 aromatic carbocycles. The third kappa shape index (κ3) is 1.49. The summed E-state index contributed by atoms with van der Waals surface area (Å²) in [5.74, 6) is 0.802. The van der Waals surface area contributed by atoms with Crippen molar-refractivity contribution in [2.24, 2.45) is 11.3 Å². The highest BCUT2D eigenvalue weighted by Crippen LogP contribution is 2.59. The summed E-state index contributed by atoms with van der Waals surface area (Å²) in [6.45, 7) is 8.35. The Kier molecular flexibility index (Phi) is 2.61. The van der Waals surface area contributed by atoms with Crippen LogP contribution < -0.4 is 5.32 Å². The normalized spacial score (nSPS) is 32.8. The minimum Gasteiger partial charge on any atom is -0.305 e. The van der Waals surface area contributed by atoms with Crippen molar-refractivity contribution in [3.63, 3.8) is 0 Å². The van der Waals surface area contributed by atoms with Crippen molar-refractivity contribution in [1.82, 2.24) is 10.2 Å². The van der Waals surface area contributed by atoms with Crippen molar-refractivity contribution in [2.75, 3.05) is 13.6 Å². The molecule has 0 bridgehead atoms. The van der Waals surface area contributed by atoms with Crippen molar-refractivity contribution in [3.05, 3.63) is 0 Å². The van der Waals surface area contributed by atoms with Crippen molar-refractivity contribution in [1.29, 1.82) is 0 Å². The largest absolute Gasteiger partial charge is 0.305 e. The van der Waals surface area contributed by atoms with Crippen LogP contribution in [0.15, 0.2) is 0 Å². The van der Waals surface area contributed by atoms with Gasteiger partial charge in [-0.25, -0.2) is 0 Å². The average Bonchev–Trinajstić information content (AvgIpc) is 2.78. The zero-order valence-corrected chi connectivity index (χ0v) is 10.0. The quantitative estimate of drug-likeness (QED) is 0.743. The van der Waals surface area contributed by atoms with Crippen molar-refractivity contribution < 1.29 is 0 Å². The van der Waals surface area contributed by atoms with Gasteiger partial charge in [-0.1, -0.05) is 13.8 Å². The zero-order valence-electron chi connectivity index (χ0n) is 10.0. The molecule has 2 nitrogen and oxygen atoms in total. The number of nitrogens with zero attached hydrogens (tertiary/aromatic N) is 1. The second kappa shape index (κ2) is 3.49. The SMILES string of the molecule is CNC(C)N1CCC2(CC2)[C@H]1C(C)C. The van der Waals surface area contributed by atoms with E-state index in [0.717, 1.165) is 17.4 Å². The molecule has 2 heteroatoms. The minimum absolute atomic E-state index is 0.544. The van der Waals surface area contributed by atoms with E-state index >= 15 is 0 Å². The summed E-state index contributed by atoms with van der Waals surface area (Å²) in [4.78, 5) is 2.68. The predicted octanol–water partition coefficient (Wildman–Crippen LogP) is 2.06. The van der Waals surface area contributed by atoms with E-state index in [2.05, 4.69) is 38.0 Å². The van der Waals surface area contributed by atoms with Gasteiger partial charge in [-0.3, -0.25) is 4.90 Å². The molecule has 1 aliphatic carbocycles. The molecule has 1 N–H and O–H groups in total. The summed E-state index contributed by atoms with van der Waals surface area (Å²) in [6.07, 6.45) is 4.93. The molecular formula is C12H24N2. The van der Waals surface area contributed by atoms with Gasteiger partial charge in [0, 0.05) is 12.6 Å². The van der Waals surface area contributed by atoms with Crippen LogP contribution in [-0.2, 0) is 0 Å². The van der Waals surface area contributed by atoms with Gasteiger partial charge in [0.2, 0.25) is 0 Å². The molecule has 1 saturated heterocycles. The molecule has 0 amide bonds. The first-order valence-corrected chi connectivity index (χ1v) is 6.04. The molecule has 2 fully saturated rings. The van der Waals surface area contributed by atoms with Crippen molar-refractivity contribution >= 4 is 0 Å². The monoisotopic (exact) mass is 196 g/mol. The molecule has 2 aliphatic rings. The van der Waals surface area contributed by atoms with Crippen molar-refractivity contribution in [3.8, 4) is 0 Å². The topological polar surface area (TPSA) is 15.3 Å². The fraction of sp³-hybridized carbons (Fsp3) is 1.00. The summed E-state index contributed by atoms with van der Waals surface area (Å²) in [7, 11) is 2.07. The zero-order chi connectivity index (χ0) is 10.3. The lowest BCUT2D eigenvalue weighted by molar-refractivity contribution is 0.111. The molecule has 0 aromatic rings. The van der Waals surface area contributed by atoms with E-state index in [1.54, 1.807) is 0 Å². The smallest absolute Gasteiger partial charge is 0.0568 e. The molecule has 1 heterocycles. The Labute approximate surface area is 88.1 Å². The van der Waals surface area contributed by atoms with Crippen LogP contribution in [-0.4, -0.2) is 30.7 Å². The summed E-state index contributed by atoms with van der Waals surface area (Å²) < 4.78 is 0. The van der Waals surface area contributed by atoms with E-state index in [4.69, 9.17) is 0 Å². The fourth-order valence-electron chi connectivity index (χ4n) is 3.39. The molecule has 1 spiro atoms. The maximum atomic E-state index is 3.38. The Morgan fingerprint density at radius 3 is 2.29 bits per heavy atom. The number of hydrogen-bond donors (Lipinski definition) is 1. The van der Waals surface area contributed by atoms with Gasteiger partial charge < -0.3 is 5.32 Å². The summed E-state index contributed by atoms with van der Waals surface area (Å²) >= 11 is 0. The van der Waals surface area contributed by atoms with E-state index in [1.165, 1.54) is 25.8 Å². The molecule has 0 aromatic heterocycles. The molecule has 2 rings (SSSR count). The van der Waals surface area contributed by atoms with Crippen LogP contribution >= 0.6 is 0 Å². The summed E-state index contributed by atoms with van der Waals surface area (Å²) in [5.41, 5.74) is 0.722. The standard InChI is InChI=1S/C12H24N2/c1-9(2)11-12(5-6-12)7-8-14(11)10(3)13-4/h9-11,13H,5-8H2,1-4H3/t10?,11-/m1/s1. The van der Waals surface area contributed by atoms with Gasteiger partial charge in [0.1, 0.15) is 0 Å². The van der Waals surface area contributed by atoms with E-state index in [9.17, 15) is 0 Å². The Morgan fingerprint density at radius 2 is 1.86 bits per heavy atom. The van der Waals surface area contributed by atoms with Gasteiger partial charge in [0.05, 0.1) is 6.17 Å². The van der Waals surface area contributed by atoms with Gasteiger partial charge in [0.25, 0.3) is 0 Å². The Balaban J connectivity index is 2.11. The highest BCUT2D eigenvalue weighted by Gasteiger charge is 2.56. The third-order valence-electron chi connectivity index (χ3n) is 4.29. The first kappa shape index (κ1) is 10.4. The maximum Gasteiger partial charge on any atom is 0.0568 e. The van der Waals surface area contributed by atoms with E-state index in [0.29, 0.717) is 6.17 Å². The lowest BCUT2D eigenvalue weighted by Gasteiger charge is -2.35. The van der Waals surface area contributed by atoms with E-state index in [-0.39, 0.29) is 0 Å². The molecule has 0 radical (unpaired) electrons. The Bertz CT molecular complexity index is 208. The van der Waals surface area contributed by atoms with Crippen LogP contribution in [0.5, 0.6) is 0 Å². The van der Waals surface area contributed by atoms with Gasteiger partial charge in [0.15, 0.2) is 0 Å². The molecule has 2 atom stereocenters. The van der Waals surface area contributed by atoms with Crippen LogP contribution in [0.4, 0.5) is 0 Å².